The molecule has 0 bridgehead atoms. The van der Waals surface area contributed by atoms with Gasteiger partial charge in [-0.15, -0.1) is 0 Å². The molecule has 0 radical (unpaired) electrons. The van der Waals surface area contributed by atoms with Gasteiger partial charge in [0, 0.05) is 17.3 Å². The fraction of sp³-hybridized carbons (Fsp3) is 0.429. The average Bonchev–Trinajstić information content (AvgIpc) is 2.55. The second-order valence-corrected chi connectivity index (χ2v) is 8.10. The van der Waals surface area contributed by atoms with Crippen LogP contribution in [0.5, 0.6) is 0 Å². The molecule has 124 valence electrons. The van der Waals surface area contributed by atoms with Crippen LogP contribution in [0.2, 0.25) is 0 Å². The summed E-state index contributed by atoms with van der Waals surface area (Å²) in [5.41, 5.74) is 4.18. The molecule has 2 rings (SSSR count). The zero-order valence-corrected chi connectivity index (χ0v) is 16.1. The minimum absolute atomic E-state index is 0.440. The smallest absolute Gasteiger partial charge is 0.0230 e. The van der Waals surface area contributed by atoms with E-state index in [1.807, 2.05) is 0 Å². The predicted octanol–water partition coefficient (Wildman–Crippen LogP) is 5.83. The number of halogens is 1. The van der Waals surface area contributed by atoms with E-state index in [4.69, 9.17) is 0 Å². The fourth-order valence-electron chi connectivity index (χ4n) is 2.93. The van der Waals surface area contributed by atoms with Crippen molar-refractivity contribution in [3.8, 4) is 0 Å². The van der Waals surface area contributed by atoms with Gasteiger partial charge < -0.3 is 4.90 Å². The molecule has 0 heterocycles. The minimum atomic E-state index is 0.440. The minimum Gasteiger partial charge on any atom is -0.302 e. The lowest BCUT2D eigenvalue weighted by Crippen LogP contribution is -2.19. The second kappa shape index (κ2) is 9.24. The molecule has 0 saturated heterocycles. The van der Waals surface area contributed by atoms with E-state index in [2.05, 4.69) is 96.3 Å². The normalized spacial score (nSPS) is 14.0. The SMILES string of the molecule is CC(Br)CCCN(C)Cc1cccc(C(C)c2ccccc2)c1. The van der Waals surface area contributed by atoms with Crippen LogP contribution in [-0.4, -0.2) is 23.3 Å². The third kappa shape index (κ3) is 6.12. The number of nitrogens with zero attached hydrogens (tertiary/aromatic N) is 1. The van der Waals surface area contributed by atoms with Crippen molar-refractivity contribution in [1.29, 1.82) is 0 Å². The lowest BCUT2D eigenvalue weighted by Gasteiger charge is -2.19. The molecule has 2 heteroatoms. The molecule has 0 amide bonds. The molecule has 0 fully saturated rings. The average molecular weight is 374 g/mol. The Labute approximate surface area is 149 Å². The summed E-state index contributed by atoms with van der Waals surface area (Å²) in [6.07, 6.45) is 2.47. The highest BCUT2D eigenvalue weighted by Crippen LogP contribution is 2.24. The van der Waals surface area contributed by atoms with Gasteiger partial charge in [0.15, 0.2) is 0 Å². The van der Waals surface area contributed by atoms with Gasteiger partial charge in [0.1, 0.15) is 0 Å². The van der Waals surface area contributed by atoms with Crippen molar-refractivity contribution < 1.29 is 0 Å². The van der Waals surface area contributed by atoms with Crippen LogP contribution in [0.1, 0.15) is 49.3 Å². The van der Waals surface area contributed by atoms with E-state index < -0.39 is 0 Å². The Bertz CT molecular complexity index is 579. The van der Waals surface area contributed by atoms with Crippen molar-refractivity contribution in [2.45, 2.75) is 44.0 Å². The standard InChI is InChI=1S/C21H28BrN/c1-17(22)9-8-14-23(3)16-19-10-7-13-21(15-19)18(2)20-11-5-4-6-12-20/h4-7,10-13,15,17-18H,8-9,14,16H2,1-3H3. The van der Waals surface area contributed by atoms with Crippen molar-refractivity contribution >= 4 is 15.9 Å². The molecular formula is C21H28BrN. The molecule has 1 nitrogen and oxygen atoms in total. The van der Waals surface area contributed by atoms with E-state index in [1.165, 1.54) is 29.5 Å². The Morgan fingerprint density at radius 3 is 2.35 bits per heavy atom. The summed E-state index contributed by atoms with van der Waals surface area (Å²) in [6.45, 7) is 6.67. The van der Waals surface area contributed by atoms with Gasteiger partial charge >= 0.3 is 0 Å². The molecule has 0 aliphatic rings. The molecule has 0 saturated carbocycles. The Morgan fingerprint density at radius 2 is 1.65 bits per heavy atom. The van der Waals surface area contributed by atoms with Gasteiger partial charge in [0.05, 0.1) is 0 Å². The summed E-state index contributed by atoms with van der Waals surface area (Å²) in [6, 6.07) is 19.8. The first-order chi connectivity index (χ1) is 11.1. The third-order valence-electron chi connectivity index (χ3n) is 4.34. The molecule has 23 heavy (non-hydrogen) atoms. The molecule has 0 aromatic heterocycles. The maximum Gasteiger partial charge on any atom is 0.0230 e. The second-order valence-electron chi connectivity index (χ2n) is 6.54. The maximum absolute atomic E-state index is 3.62. The number of rotatable bonds is 8. The van der Waals surface area contributed by atoms with Crippen LogP contribution in [0.25, 0.3) is 0 Å². The van der Waals surface area contributed by atoms with Gasteiger partial charge in [-0.2, -0.15) is 0 Å². The van der Waals surface area contributed by atoms with E-state index in [9.17, 15) is 0 Å². The van der Waals surface area contributed by atoms with Crippen LogP contribution >= 0.6 is 15.9 Å². The van der Waals surface area contributed by atoms with Crippen LogP contribution in [0.4, 0.5) is 0 Å². The predicted molar refractivity (Wildman–Crippen MR) is 104 cm³/mol. The van der Waals surface area contributed by atoms with Crippen molar-refractivity contribution in [2.24, 2.45) is 0 Å². The quantitative estimate of drug-likeness (QED) is 0.525. The summed E-state index contributed by atoms with van der Waals surface area (Å²) in [7, 11) is 2.21. The molecular weight excluding hydrogens is 346 g/mol. The third-order valence-corrected chi connectivity index (χ3v) is 4.80. The number of benzene rings is 2. The van der Waals surface area contributed by atoms with Crippen molar-refractivity contribution in [2.75, 3.05) is 13.6 Å². The lowest BCUT2D eigenvalue weighted by molar-refractivity contribution is 0.319. The Balaban J connectivity index is 1.97. The molecule has 2 aromatic rings. The van der Waals surface area contributed by atoms with Crippen LogP contribution in [-0.2, 0) is 6.54 Å². The summed E-state index contributed by atoms with van der Waals surface area (Å²) < 4.78 is 0. The van der Waals surface area contributed by atoms with E-state index in [1.54, 1.807) is 0 Å². The van der Waals surface area contributed by atoms with Gasteiger partial charge in [-0.25, -0.2) is 0 Å². The highest BCUT2D eigenvalue weighted by atomic mass is 79.9. The molecule has 0 spiro atoms. The molecule has 2 atom stereocenters. The number of hydrogen-bond acceptors (Lipinski definition) is 1. The van der Waals surface area contributed by atoms with Gasteiger partial charge in [-0.05, 0) is 43.1 Å². The Morgan fingerprint density at radius 1 is 0.957 bits per heavy atom. The molecule has 0 N–H and O–H groups in total. The molecule has 0 aliphatic carbocycles. The summed E-state index contributed by atoms with van der Waals surface area (Å²) >= 11 is 3.62. The van der Waals surface area contributed by atoms with Crippen molar-refractivity contribution in [1.82, 2.24) is 4.90 Å². The van der Waals surface area contributed by atoms with E-state index >= 15 is 0 Å². The van der Waals surface area contributed by atoms with Gasteiger partial charge in [0.2, 0.25) is 0 Å². The lowest BCUT2D eigenvalue weighted by atomic mass is 9.92. The summed E-state index contributed by atoms with van der Waals surface area (Å²) in [4.78, 5) is 3.03. The highest BCUT2D eigenvalue weighted by molar-refractivity contribution is 9.09. The number of alkyl halides is 1. The largest absolute Gasteiger partial charge is 0.302 e. The van der Waals surface area contributed by atoms with Crippen LogP contribution in [0.15, 0.2) is 54.6 Å². The zero-order chi connectivity index (χ0) is 16.7. The maximum atomic E-state index is 3.62. The summed E-state index contributed by atoms with van der Waals surface area (Å²) in [5, 5.41) is 0. The van der Waals surface area contributed by atoms with Gasteiger partial charge in [-0.1, -0.05) is 84.4 Å². The van der Waals surface area contributed by atoms with Gasteiger partial charge in [-0.3, -0.25) is 0 Å². The first-order valence-corrected chi connectivity index (χ1v) is 9.44. The summed E-state index contributed by atoms with van der Waals surface area (Å²) in [5.74, 6) is 0.440. The Hall–Kier alpha value is -1.12. The number of hydrogen-bond donors (Lipinski definition) is 0. The first kappa shape index (κ1) is 18.2. The molecule has 2 unspecified atom stereocenters. The van der Waals surface area contributed by atoms with Crippen molar-refractivity contribution in [3.05, 3.63) is 71.3 Å². The first-order valence-electron chi connectivity index (χ1n) is 8.52. The fourth-order valence-corrected chi connectivity index (χ4v) is 3.25. The van der Waals surface area contributed by atoms with E-state index in [0.29, 0.717) is 10.7 Å². The monoisotopic (exact) mass is 373 g/mol. The Kier molecular flexibility index (Phi) is 7.32. The van der Waals surface area contributed by atoms with Gasteiger partial charge in [0.25, 0.3) is 0 Å². The molecule has 2 aromatic carbocycles. The molecule has 0 aliphatic heterocycles. The van der Waals surface area contributed by atoms with E-state index in [0.717, 1.165) is 13.1 Å². The van der Waals surface area contributed by atoms with Crippen LogP contribution < -0.4 is 0 Å². The zero-order valence-electron chi connectivity index (χ0n) is 14.5. The van der Waals surface area contributed by atoms with E-state index in [-0.39, 0.29) is 0 Å². The van der Waals surface area contributed by atoms with Crippen LogP contribution in [0.3, 0.4) is 0 Å². The van der Waals surface area contributed by atoms with Crippen molar-refractivity contribution in [3.63, 3.8) is 0 Å². The van der Waals surface area contributed by atoms with Crippen LogP contribution in [0, 0.1) is 0 Å². The highest BCUT2D eigenvalue weighted by Gasteiger charge is 2.09. The topological polar surface area (TPSA) is 3.24 Å².